The molecule has 2 atom stereocenters. The molecular formula is C33H50N4O2. The van der Waals surface area contributed by atoms with Gasteiger partial charge < -0.3 is 20.1 Å². The second-order valence-electron chi connectivity index (χ2n) is 12.0. The lowest BCUT2D eigenvalue weighted by atomic mass is 9.95. The highest BCUT2D eigenvalue weighted by Gasteiger charge is 2.23. The number of nitrogens with zero attached hydrogens (tertiary/aromatic N) is 2. The van der Waals surface area contributed by atoms with Gasteiger partial charge in [0.1, 0.15) is 0 Å². The normalized spacial score (nSPS) is 13.0. The highest BCUT2D eigenvalue weighted by Crippen LogP contribution is 2.30. The summed E-state index contributed by atoms with van der Waals surface area (Å²) < 4.78 is 0. The Kier molecular flexibility index (Phi) is 11.4. The van der Waals surface area contributed by atoms with Crippen molar-refractivity contribution in [2.75, 3.05) is 25.5 Å². The minimum atomic E-state index is -0.196. The summed E-state index contributed by atoms with van der Waals surface area (Å²) in [5.41, 5.74) is 5.35. The largest absolute Gasteiger partial charge is 0.369 e. The molecule has 1 heterocycles. The van der Waals surface area contributed by atoms with Crippen LogP contribution >= 0.6 is 0 Å². The Labute approximate surface area is 236 Å². The van der Waals surface area contributed by atoms with Gasteiger partial charge in [0.05, 0.1) is 0 Å². The molecule has 1 aromatic heterocycles. The van der Waals surface area contributed by atoms with E-state index in [0.29, 0.717) is 23.2 Å². The predicted molar refractivity (Wildman–Crippen MR) is 165 cm³/mol. The number of amides is 1. The Morgan fingerprint density at radius 1 is 1.08 bits per heavy atom. The molecule has 0 unspecified atom stereocenters. The number of benzene rings is 1. The van der Waals surface area contributed by atoms with Crippen LogP contribution in [0.15, 0.2) is 23.0 Å². The van der Waals surface area contributed by atoms with Gasteiger partial charge in [-0.3, -0.25) is 9.59 Å². The number of hydrogen-bond acceptors (Lipinski definition) is 4. The summed E-state index contributed by atoms with van der Waals surface area (Å²) in [5.74, 6) is 6.46. The molecule has 0 aliphatic carbocycles. The van der Waals surface area contributed by atoms with E-state index in [1.54, 1.807) is 0 Å². The number of H-pyrrole nitrogens is 1. The van der Waals surface area contributed by atoms with Crippen LogP contribution in [0, 0.1) is 38.0 Å². The van der Waals surface area contributed by atoms with Crippen molar-refractivity contribution in [3.8, 4) is 11.8 Å². The van der Waals surface area contributed by atoms with Crippen molar-refractivity contribution >= 4 is 11.6 Å². The molecule has 0 fully saturated rings. The van der Waals surface area contributed by atoms with Gasteiger partial charge in [-0.25, -0.2) is 0 Å². The molecule has 1 amide bonds. The van der Waals surface area contributed by atoms with Crippen molar-refractivity contribution in [3.05, 3.63) is 62.1 Å². The zero-order valence-electron chi connectivity index (χ0n) is 26.1. The third-order valence-corrected chi connectivity index (χ3v) is 7.49. The van der Waals surface area contributed by atoms with Crippen LogP contribution in [-0.2, 0) is 6.54 Å². The molecule has 2 rings (SSSR count). The Bertz CT molecular complexity index is 1260. The fourth-order valence-electron chi connectivity index (χ4n) is 4.83. The topological polar surface area (TPSA) is 68.4 Å². The third kappa shape index (κ3) is 9.00. The average molecular weight is 535 g/mol. The van der Waals surface area contributed by atoms with E-state index in [9.17, 15) is 9.59 Å². The van der Waals surface area contributed by atoms with Gasteiger partial charge in [0.25, 0.3) is 11.5 Å². The zero-order valence-corrected chi connectivity index (χ0v) is 26.1. The Morgan fingerprint density at radius 2 is 1.74 bits per heavy atom. The molecule has 0 radical (unpaired) electrons. The van der Waals surface area contributed by atoms with Gasteiger partial charge in [-0.1, -0.05) is 18.8 Å². The molecule has 2 aromatic rings. The number of pyridine rings is 1. The third-order valence-electron chi connectivity index (χ3n) is 7.49. The molecule has 214 valence electrons. The Morgan fingerprint density at radius 3 is 2.28 bits per heavy atom. The monoisotopic (exact) mass is 534 g/mol. The minimum absolute atomic E-state index is 0.157. The van der Waals surface area contributed by atoms with E-state index in [4.69, 9.17) is 0 Å². The maximum absolute atomic E-state index is 13.6. The number of aryl methyl sites for hydroxylation is 2. The maximum Gasteiger partial charge on any atom is 0.253 e. The van der Waals surface area contributed by atoms with Crippen molar-refractivity contribution in [1.29, 1.82) is 0 Å². The molecule has 0 aliphatic rings. The highest BCUT2D eigenvalue weighted by molar-refractivity contribution is 5.97. The summed E-state index contributed by atoms with van der Waals surface area (Å²) in [6.07, 6.45) is 3.18. The number of aromatic amines is 1. The molecule has 0 aliphatic heterocycles. The molecule has 1 aromatic carbocycles. The predicted octanol–water partition coefficient (Wildman–Crippen LogP) is 5.96. The lowest BCUT2D eigenvalue weighted by molar-refractivity contribution is 0.0950. The fraction of sp³-hybridized carbons (Fsp3) is 0.576. The number of rotatable bonds is 11. The summed E-state index contributed by atoms with van der Waals surface area (Å²) in [7, 11) is 4.25. The van der Waals surface area contributed by atoms with Gasteiger partial charge in [0.15, 0.2) is 0 Å². The second-order valence-corrected chi connectivity index (χ2v) is 12.0. The number of nitrogens with one attached hydrogen (secondary N) is 2. The Hall–Kier alpha value is -3.04. The van der Waals surface area contributed by atoms with Crippen LogP contribution < -0.4 is 15.8 Å². The van der Waals surface area contributed by atoms with Crippen molar-refractivity contribution in [2.45, 2.75) is 100 Å². The van der Waals surface area contributed by atoms with Crippen LogP contribution in [0.25, 0.3) is 0 Å². The van der Waals surface area contributed by atoms with Gasteiger partial charge in [0, 0.05) is 58.7 Å². The zero-order chi connectivity index (χ0) is 29.5. The first-order chi connectivity index (χ1) is 18.2. The van der Waals surface area contributed by atoms with Crippen molar-refractivity contribution in [2.24, 2.45) is 5.41 Å². The van der Waals surface area contributed by atoms with Gasteiger partial charge >= 0.3 is 0 Å². The number of carbonyl (C=O) groups is 1. The number of carbonyl (C=O) groups excluding carboxylic acids is 1. The number of hydrogen-bond donors (Lipinski definition) is 2. The Balaban J connectivity index is 2.52. The van der Waals surface area contributed by atoms with E-state index < -0.39 is 0 Å². The van der Waals surface area contributed by atoms with Crippen LogP contribution in [0.3, 0.4) is 0 Å². The van der Waals surface area contributed by atoms with Crippen LogP contribution in [0.1, 0.15) is 99.1 Å². The molecule has 0 saturated heterocycles. The number of aromatic nitrogens is 1. The van der Waals surface area contributed by atoms with E-state index in [0.717, 1.165) is 53.9 Å². The molecule has 39 heavy (non-hydrogen) atoms. The van der Waals surface area contributed by atoms with E-state index in [1.807, 2.05) is 32.9 Å². The second kappa shape index (κ2) is 13.8. The van der Waals surface area contributed by atoms with Gasteiger partial charge in [-0.05, 0) is 118 Å². The van der Waals surface area contributed by atoms with Gasteiger partial charge in [0.2, 0.25) is 0 Å². The maximum atomic E-state index is 13.6. The fourth-order valence-corrected chi connectivity index (χ4v) is 4.83. The van der Waals surface area contributed by atoms with Crippen molar-refractivity contribution in [3.63, 3.8) is 0 Å². The summed E-state index contributed by atoms with van der Waals surface area (Å²) >= 11 is 0. The van der Waals surface area contributed by atoms with Crippen LogP contribution in [0.4, 0.5) is 5.69 Å². The lowest BCUT2D eigenvalue weighted by Crippen LogP contribution is -2.37. The van der Waals surface area contributed by atoms with Gasteiger partial charge in [-0.2, -0.15) is 0 Å². The quantitative estimate of drug-likeness (QED) is 0.349. The van der Waals surface area contributed by atoms with Crippen LogP contribution in [-0.4, -0.2) is 48.5 Å². The van der Waals surface area contributed by atoms with Gasteiger partial charge in [-0.15, -0.1) is 0 Å². The first-order valence-corrected chi connectivity index (χ1v) is 14.3. The van der Waals surface area contributed by atoms with Crippen LogP contribution in [0.5, 0.6) is 0 Å². The first-order valence-electron chi connectivity index (χ1n) is 14.3. The molecule has 2 N–H and O–H groups in total. The molecule has 6 heteroatoms. The smallest absolute Gasteiger partial charge is 0.253 e. The van der Waals surface area contributed by atoms with Crippen molar-refractivity contribution < 1.29 is 4.79 Å². The summed E-state index contributed by atoms with van der Waals surface area (Å²) in [6.45, 7) is 19.7. The molecular weight excluding hydrogens is 484 g/mol. The molecule has 0 bridgehead atoms. The summed E-state index contributed by atoms with van der Waals surface area (Å²) in [5, 5.41) is 3.01. The molecule has 0 spiro atoms. The SMILES string of the molecule is CC[C@@H](CC[C@H](C)N(C)C)N(CC)c1cc(C#CC(C)(C)C)cc(C(=O)NCc2c(C)cc(C)[nH]c2=O)c1C. The summed E-state index contributed by atoms with van der Waals surface area (Å²) in [6, 6.07) is 6.81. The van der Waals surface area contributed by atoms with Crippen LogP contribution in [0.2, 0.25) is 0 Å². The standard InChI is InChI=1S/C33H50N4O2/c1-12-27(15-14-24(5)36(10)11)37(13-2)30-20-26(16-17-33(7,8)9)19-28(25(30)6)31(38)34-21-29-22(3)18-23(4)35-32(29)39/h18-20,24,27H,12-15,21H2,1-11H3,(H,34,38)(H,35,39)/t24-,27-/m0/s1. The average Bonchev–Trinajstić information content (AvgIpc) is 2.84. The van der Waals surface area contributed by atoms with E-state index in [-0.39, 0.29) is 23.4 Å². The van der Waals surface area contributed by atoms with E-state index in [1.165, 1.54) is 0 Å². The highest BCUT2D eigenvalue weighted by atomic mass is 16.1. The lowest BCUT2D eigenvalue weighted by Gasteiger charge is -2.35. The van der Waals surface area contributed by atoms with Crippen molar-refractivity contribution in [1.82, 2.24) is 15.2 Å². The number of anilines is 1. The molecule has 6 nitrogen and oxygen atoms in total. The van der Waals surface area contributed by atoms with E-state index >= 15 is 0 Å². The first kappa shape index (κ1) is 32.2. The van der Waals surface area contributed by atoms with E-state index in [2.05, 4.69) is 93.6 Å². The molecule has 0 saturated carbocycles. The summed E-state index contributed by atoms with van der Waals surface area (Å²) in [4.78, 5) is 33.6. The minimum Gasteiger partial charge on any atom is -0.369 e.